The van der Waals surface area contributed by atoms with E-state index in [1.165, 1.54) is 0 Å². The number of rotatable bonds is 5. The number of hydrogen-bond acceptors (Lipinski definition) is 3. The summed E-state index contributed by atoms with van der Waals surface area (Å²) in [5.41, 5.74) is 3.47. The van der Waals surface area contributed by atoms with E-state index in [0.29, 0.717) is 37.3 Å². The average Bonchev–Trinajstić information content (AvgIpc) is 3.27. The molecule has 1 aromatic heterocycles. The van der Waals surface area contributed by atoms with Gasteiger partial charge in [0.1, 0.15) is 0 Å². The van der Waals surface area contributed by atoms with Gasteiger partial charge in [-0.2, -0.15) is 0 Å². The highest BCUT2D eigenvalue weighted by Crippen LogP contribution is 2.24. The first-order valence-electron chi connectivity index (χ1n) is 9.98. The van der Waals surface area contributed by atoms with E-state index in [4.69, 9.17) is 0 Å². The minimum atomic E-state index is -0.252. The predicted octanol–water partition coefficient (Wildman–Crippen LogP) is 3.22. The molecule has 4 rings (SSSR count). The van der Waals surface area contributed by atoms with Gasteiger partial charge >= 0.3 is 5.69 Å². The van der Waals surface area contributed by atoms with Crippen molar-refractivity contribution in [3.05, 3.63) is 58.5 Å². The van der Waals surface area contributed by atoms with Gasteiger partial charge < -0.3 is 10.2 Å². The lowest BCUT2D eigenvalue weighted by atomic mass is 10.1. The van der Waals surface area contributed by atoms with Crippen LogP contribution in [0.1, 0.15) is 37.0 Å². The second kappa shape index (κ2) is 7.58. The number of hydrogen-bond donors (Lipinski definition) is 1. The van der Waals surface area contributed by atoms with Crippen molar-refractivity contribution in [3.8, 4) is 0 Å². The molecule has 150 valence electrons. The molecule has 0 unspecified atom stereocenters. The Morgan fingerprint density at radius 1 is 1.00 bits per heavy atom. The number of carbonyl (C=O) groups excluding carboxylic acids is 2. The molecule has 2 heterocycles. The molecular formula is C22H24N4O3. The zero-order chi connectivity index (χ0) is 20.5. The van der Waals surface area contributed by atoms with Gasteiger partial charge in [0.25, 0.3) is 5.91 Å². The molecule has 1 fully saturated rings. The molecule has 0 aliphatic carbocycles. The van der Waals surface area contributed by atoms with Crippen molar-refractivity contribution >= 4 is 34.2 Å². The molecule has 0 radical (unpaired) electrons. The maximum atomic E-state index is 12.8. The quantitative estimate of drug-likeness (QED) is 0.724. The lowest BCUT2D eigenvalue weighted by Crippen LogP contribution is -2.24. The minimum Gasteiger partial charge on any atom is -0.322 e. The van der Waals surface area contributed by atoms with Gasteiger partial charge in [0, 0.05) is 43.0 Å². The van der Waals surface area contributed by atoms with Gasteiger partial charge in [-0.3, -0.25) is 18.7 Å². The van der Waals surface area contributed by atoms with Gasteiger partial charge in [-0.15, -0.1) is 0 Å². The Morgan fingerprint density at radius 2 is 1.76 bits per heavy atom. The normalized spacial score (nSPS) is 14.0. The van der Waals surface area contributed by atoms with Gasteiger partial charge in [-0.1, -0.05) is 6.07 Å². The summed E-state index contributed by atoms with van der Waals surface area (Å²) in [6.07, 6.45) is 1.39. The molecule has 0 atom stereocenters. The Hall–Kier alpha value is -3.35. The Bertz CT molecular complexity index is 1160. The molecule has 2 amide bonds. The second-order valence-electron chi connectivity index (χ2n) is 7.13. The van der Waals surface area contributed by atoms with Gasteiger partial charge in [0.05, 0.1) is 11.0 Å². The van der Waals surface area contributed by atoms with Crippen LogP contribution in [0.15, 0.2) is 47.3 Å². The molecule has 29 heavy (non-hydrogen) atoms. The number of nitrogens with one attached hydrogen (secondary N) is 1. The standard InChI is InChI=1S/C22H24N4O3/c1-3-24-18-11-10-16(14-19(18)25(4-2)22(24)29)23-21(28)15-7-5-8-17(13-15)26-12-6-9-20(26)27/h5,7-8,10-11,13-14H,3-4,6,9,12H2,1-2H3,(H,23,28). The number of aryl methyl sites for hydroxylation is 2. The van der Waals surface area contributed by atoms with E-state index < -0.39 is 0 Å². The highest BCUT2D eigenvalue weighted by Gasteiger charge is 2.22. The molecular weight excluding hydrogens is 368 g/mol. The van der Waals surface area contributed by atoms with Crippen LogP contribution in [0.5, 0.6) is 0 Å². The van der Waals surface area contributed by atoms with Crippen LogP contribution in [0.3, 0.4) is 0 Å². The summed E-state index contributed by atoms with van der Waals surface area (Å²) in [6.45, 7) is 5.71. The largest absolute Gasteiger partial charge is 0.329 e. The maximum absolute atomic E-state index is 12.8. The van der Waals surface area contributed by atoms with Crippen LogP contribution in [0.25, 0.3) is 11.0 Å². The summed E-state index contributed by atoms with van der Waals surface area (Å²) in [4.78, 5) is 39.0. The van der Waals surface area contributed by atoms with Crippen LogP contribution in [0.2, 0.25) is 0 Å². The Balaban J connectivity index is 1.62. The number of nitrogens with zero attached hydrogens (tertiary/aromatic N) is 3. The summed E-state index contributed by atoms with van der Waals surface area (Å²) in [5, 5.41) is 2.91. The van der Waals surface area contributed by atoms with Crippen molar-refractivity contribution in [3.63, 3.8) is 0 Å². The molecule has 0 saturated carbocycles. The predicted molar refractivity (Wildman–Crippen MR) is 114 cm³/mol. The first kappa shape index (κ1) is 19.0. The first-order chi connectivity index (χ1) is 14.0. The Kier molecular flexibility index (Phi) is 4.96. The van der Waals surface area contributed by atoms with Crippen molar-refractivity contribution < 1.29 is 9.59 Å². The maximum Gasteiger partial charge on any atom is 0.329 e. The number of fused-ring (bicyclic) bond motifs is 1. The summed E-state index contributed by atoms with van der Waals surface area (Å²) >= 11 is 0. The fourth-order valence-electron chi connectivity index (χ4n) is 3.95. The van der Waals surface area contributed by atoms with Gasteiger partial charge in [0.2, 0.25) is 5.91 Å². The molecule has 2 aromatic carbocycles. The summed E-state index contributed by atoms with van der Waals surface area (Å²) in [5.74, 6) is -0.163. The summed E-state index contributed by atoms with van der Waals surface area (Å²) in [7, 11) is 0. The molecule has 1 N–H and O–H groups in total. The molecule has 7 nitrogen and oxygen atoms in total. The van der Waals surface area contributed by atoms with Crippen molar-refractivity contribution in [1.82, 2.24) is 9.13 Å². The number of imidazole rings is 1. The molecule has 1 aliphatic rings. The number of benzene rings is 2. The zero-order valence-corrected chi connectivity index (χ0v) is 16.6. The summed E-state index contributed by atoms with van der Waals surface area (Å²) in [6, 6.07) is 12.6. The zero-order valence-electron chi connectivity index (χ0n) is 16.6. The number of aromatic nitrogens is 2. The van der Waals surface area contributed by atoms with Gasteiger partial charge in [-0.05, 0) is 56.7 Å². The van der Waals surface area contributed by atoms with Crippen LogP contribution in [0, 0.1) is 0 Å². The lowest BCUT2D eigenvalue weighted by molar-refractivity contribution is -0.117. The van der Waals surface area contributed by atoms with E-state index in [9.17, 15) is 14.4 Å². The van der Waals surface area contributed by atoms with Crippen LogP contribution in [0.4, 0.5) is 11.4 Å². The third-order valence-electron chi connectivity index (χ3n) is 5.40. The highest BCUT2D eigenvalue weighted by atomic mass is 16.2. The van der Waals surface area contributed by atoms with E-state index in [2.05, 4.69) is 5.32 Å². The minimum absolute atomic E-state index is 0.0449. The SMILES string of the molecule is CCn1c(=O)n(CC)c2cc(NC(=O)c3cccc(N4CCCC4=O)c3)ccc21. The molecule has 7 heteroatoms. The van der Waals surface area contributed by atoms with E-state index in [-0.39, 0.29) is 17.5 Å². The van der Waals surface area contributed by atoms with Crippen molar-refractivity contribution in [1.29, 1.82) is 0 Å². The second-order valence-corrected chi connectivity index (χ2v) is 7.13. The fraction of sp³-hybridized carbons (Fsp3) is 0.318. The average molecular weight is 392 g/mol. The molecule has 3 aromatic rings. The lowest BCUT2D eigenvalue weighted by Gasteiger charge is -2.16. The van der Waals surface area contributed by atoms with Gasteiger partial charge in [-0.25, -0.2) is 4.79 Å². The Labute approximate surface area is 168 Å². The molecule has 1 aliphatic heterocycles. The van der Waals surface area contributed by atoms with Gasteiger partial charge in [0.15, 0.2) is 0 Å². The molecule has 0 spiro atoms. The van der Waals surface area contributed by atoms with Crippen LogP contribution < -0.4 is 15.9 Å². The first-order valence-corrected chi connectivity index (χ1v) is 9.98. The molecule has 1 saturated heterocycles. The number of anilines is 2. The van der Waals surface area contributed by atoms with Crippen molar-refractivity contribution in [2.75, 3.05) is 16.8 Å². The van der Waals surface area contributed by atoms with E-state index in [1.807, 2.05) is 32.0 Å². The topological polar surface area (TPSA) is 76.3 Å². The monoisotopic (exact) mass is 392 g/mol. The Morgan fingerprint density at radius 3 is 2.45 bits per heavy atom. The smallest absolute Gasteiger partial charge is 0.322 e. The van der Waals surface area contributed by atoms with E-state index in [1.54, 1.807) is 38.3 Å². The molecule has 0 bridgehead atoms. The van der Waals surface area contributed by atoms with Crippen LogP contribution in [-0.4, -0.2) is 27.5 Å². The third-order valence-corrected chi connectivity index (χ3v) is 5.40. The van der Waals surface area contributed by atoms with Crippen molar-refractivity contribution in [2.24, 2.45) is 0 Å². The number of amides is 2. The summed E-state index contributed by atoms with van der Waals surface area (Å²) < 4.78 is 3.43. The van der Waals surface area contributed by atoms with Crippen molar-refractivity contribution in [2.45, 2.75) is 39.8 Å². The van der Waals surface area contributed by atoms with E-state index in [0.717, 1.165) is 23.1 Å². The number of carbonyl (C=O) groups is 2. The third kappa shape index (κ3) is 3.33. The van der Waals surface area contributed by atoms with Crippen LogP contribution in [-0.2, 0) is 17.9 Å². The van der Waals surface area contributed by atoms with E-state index >= 15 is 0 Å². The highest BCUT2D eigenvalue weighted by molar-refractivity contribution is 6.06. The van der Waals surface area contributed by atoms with Crippen LogP contribution >= 0.6 is 0 Å². The fourth-order valence-corrected chi connectivity index (χ4v) is 3.95.